The van der Waals surface area contributed by atoms with Crippen LogP contribution in [-0.2, 0) is 9.59 Å². The molecule has 9 nitrogen and oxygen atoms in total. The van der Waals surface area contributed by atoms with E-state index in [9.17, 15) is 14.4 Å². The molecule has 3 aromatic carbocycles. The third-order valence-electron chi connectivity index (χ3n) is 5.49. The fourth-order valence-electron chi connectivity index (χ4n) is 3.88. The molecule has 2 heterocycles. The number of para-hydroxylation sites is 1. The van der Waals surface area contributed by atoms with E-state index in [0.29, 0.717) is 32.9 Å². The molecule has 4 aromatic rings. The number of carbonyl (C=O) groups excluding carboxylic acids is 2. The zero-order valence-electron chi connectivity index (χ0n) is 19.0. The molecular weight excluding hydrogens is 517 g/mol. The number of nitrogens with zero attached hydrogens (tertiary/aromatic N) is 1. The number of halogens is 2. The van der Waals surface area contributed by atoms with Crippen LogP contribution in [0.5, 0.6) is 11.5 Å². The second-order valence-electron chi connectivity index (χ2n) is 8.19. The summed E-state index contributed by atoms with van der Waals surface area (Å²) in [6.07, 6.45) is -0.199. The van der Waals surface area contributed by atoms with Crippen LogP contribution < -0.4 is 26.2 Å². The van der Waals surface area contributed by atoms with Crippen molar-refractivity contribution in [1.29, 1.82) is 0 Å². The molecule has 1 aromatic heterocycles. The number of ether oxygens (including phenoxy) is 1. The van der Waals surface area contributed by atoms with Crippen molar-refractivity contribution in [3.05, 3.63) is 98.8 Å². The summed E-state index contributed by atoms with van der Waals surface area (Å²) in [6, 6.07) is 20.8. The highest BCUT2D eigenvalue weighted by Crippen LogP contribution is 2.31. The summed E-state index contributed by atoms with van der Waals surface area (Å²) in [5.41, 5.74) is 0.471. The van der Waals surface area contributed by atoms with Crippen molar-refractivity contribution >= 4 is 58.2 Å². The first-order valence-corrected chi connectivity index (χ1v) is 11.9. The number of amides is 2. The van der Waals surface area contributed by atoms with Gasteiger partial charge in [0.1, 0.15) is 17.3 Å². The van der Waals surface area contributed by atoms with Gasteiger partial charge in [-0.25, -0.2) is 0 Å². The van der Waals surface area contributed by atoms with E-state index in [1.54, 1.807) is 42.5 Å². The van der Waals surface area contributed by atoms with Crippen LogP contribution in [0, 0.1) is 0 Å². The molecule has 0 bridgehead atoms. The first-order chi connectivity index (χ1) is 17.8. The summed E-state index contributed by atoms with van der Waals surface area (Å²) in [4.78, 5) is 45.3. The van der Waals surface area contributed by atoms with Gasteiger partial charge in [-0.1, -0.05) is 41.4 Å². The maximum atomic E-state index is 13.1. The Kier molecular flexibility index (Phi) is 6.80. The molecule has 1 aliphatic rings. The third-order valence-corrected chi connectivity index (χ3v) is 5.93. The summed E-state index contributed by atoms with van der Waals surface area (Å²) in [5.74, 6) is -0.650. The van der Waals surface area contributed by atoms with Crippen molar-refractivity contribution < 1.29 is 14.3 Å². The highest BCUT2D eigenvalue weighted by atomic mass is 35.5. The highest BCUT2D eigenvalue weighted by molar-refractivity contribution is 6.35. The molecule has 186 valence electrons. The molecule has 2 amide bonds. The average molecular weight is 536 g/mol. The van der Waals surface area contributed by atoms with Gasteiger partial charge >= 0.3 is 0 Å². The molecule has 5 rings (SSSR count). The highest BCUT2D eigenvalue weighted by Gasteiger charge is 2.34. The maximum absolute atomic E-state index is 13.1. The smallest absolute Gasteiger partial charge is 0.258 e. The predicted octanol–water partition coefficient (Wildman–Crippen LogP) is 5.68. The summed E-state index contributed by atoms with van der Waals surface area (Å²) >= 11 is 12.0. The van der Waals surface area contributed by atoms with E-state index in [0.717, 1.165) is 0 Å². The van der Waals surface area contributed by atoms with E-state index >= 15 is 0 Å². The lowest BCUT2D eigenvalue weighted by Gasteiger charge is -2.23. The second kappa shape index (κ2) is 10.3. The number of benzene rings is 3. The Morgan fingerprint density at radius 3 is 2.30 bits per heavy atom. The molecule has 0 spiro atoms. The molecule has 0 radical (unpaired) electrons. The minimum Gasteiger partial charge on any atom is -0.457 e. The summed E-state index contributed by atoms with van der Waals surface area (Å²) in [6.45, 7) is 0. The molecule has 37 heavy (non-hydrogen) atoms. The number of hydrogen-bond acceptors (Lipinski definition) is 6. The molecule has 0 unspecified atom stereocenters. The Bertz CT molecular complexity index is 1520. The quantitative estimate of drug-likeness (QED) is 0.252. The van der Waals surface area contributed by atoms with E-state index in [-0.39, 0.29) is 23.8 Å². The summed E-state index contributed by atoms with van der Waals surface area (Å²) in [7, 11) is 0. The SMILES string of the molecule is O=C1C[C@@H](C(=O)Nc2ccc(Oc3ccccc3)cc2)c2c(nc(Nc3cc(Cl)cc(Cl)c3)[nH]c2=O)N1. The van der Waals surface area contributed by atoms with Gasteiger partial charge in [-0.2, -0.15) is 4.98 Å². The number of aromatic amines is 1. The number of carbonyl (C=O) groups is 2. The van der Waals surface area contributed by atoms with E-state index in [2.05, 4.69) is 25.9 Å². The van der Waals surface area contributed by atoms with Gasteiger partial charge in [0.25, 0.3) is 5.56 Å². The Hall–Kier alpha value is -4.34. The van der Waals surface area contributed by atoms with Crippen molar-refractivity contribution in [2.75, 3.05) is 16.0 Å². The normalized spacial score (nSPS) is 14.3. The number of aromatic nitrogens is 2. The lowest BCUT2D eigenvalue weighted by atomic mass is 9.92. The predicted molar refractivity (Wildman–Crippen MR) is 142 cm³/mol. The van der Waals surface area contributed by atoms with E-state index in [1.165, 1.54) is 0 Å². The third kappa shape index (κ3) is 5.74. The van der Waals surface area contributed by atoms with Crippen LogP contribution in [0.1, 0.15) is 17.9 Å². The zero-order valence-corrected chi connectivity index (χ0v) is 20.6. The molecule has 11 heteroatoms. The molecular formula is C26H19Cl2N5O4. The van der Waals surface area contributed by atoms with Crippen LogP contribution in [0.3, 0.4) is 0 Å². The number of fused-ring (bicyclic) bond motifs is 1. The molecule has 4 N–H and O–H groups in total. The van der Waals surface area contributed by atoms with E-state index < -0.39 is 23.3 Å². The van der Waals surface area contributed by atoms with Crippen molar-refractivity contribution in [1.82, 2.24) is 9.97 Å². The van der Waals surface area contributed by atoms with Gasteiger partial charge in [-0.3, -0.25) is 19.4 Å². The van der Waals surface area contributed by atoms with Gasteiger partial charge in [-0.05, 0) is 54.6 Å². The van der Waals surface area contributed by atoms with Gasteiger partial charge < -0.3 is 20.7 Å². The van der Waals surface area contributed by atoms with Crippen LogP contribution in [-0.4, -0.2) is 21.8 Å². The van der Waals surface area contributed by atoms with E-state index in [1.807, 2.05) is 30.3 Å². The lowest BCUT2D eigenvalue weighted by Crippen LogP contribution is -2.36. The second-order valence-corrected chi connectivity index (χ2v) is 9.07. The monoisotopic (exact) mass is 535 g/mol. The number of rotatable bonds is 6. The minimum absolute atomic E-state index is 0.00221. The zero-order chi connectivity index (χ0) is 25.9. The van der Waals surface area contributed by atoms with Crippen LogP contribution >= 0.6 is 23.2 Å². The topological polar surface area (TPSA) is 125 Å². The Balaban J connectivity index is 1.34. The fraction of sp³-hybridized carbons (Fsp3) is 0.0769. The van der Waals surface area contributed by atoms with E-state index in [4.69, 9.17) is 27.9 Å². The van der Waals surface area contributed by atoms with Crippen LogP contribution in [0.15, 0.2) is 77.6 Å². The maximum Gasteiger partial charge on any atom is 0.258 e. The molecule has 0 fully saturated rings. The first-order valence-electron chi connectivity index (χ1n) is 11.1. The Labute approximate surface area is 220 Å². The van der Waals surface area contributed by atoms with Crippen LogP contribution in [0.25, 0.3) is 0 Å². The van der Waals surface area contributed by atoms with Crippen molar-refractivity contribution in [3.63, 3.8) is 0 Å². The number of H-pyrrole nitrogens is 1. The van der Waals surface area contributed by atoms with Crippen LogP contribution in [0.4, 0.5) is 23.1 Å². The Morgan fingerprint density at radius 2 is 1.59 bits per heavy atom. The largest absolute Gasteiger partial charge is 0.457 e. The Morgan fingerprint density at radius 1 is 0.919 bits per heavy atom. The molecule has 0 aliphatic carbocycles. The van der Waals surface area contributed by atoms with Gasteiger partial charge in [0.05, 0.1) is 11.5 Å². The molecule has 0 saturated carbocycles. The molecule has 1 atom stereocenters. The molecule has 0 saturated heterocycles. The fourth-order valence-corrected chi connectivity index (χ4v) is 4.40. The van der Waals surface area contributed by atoms with Crippen molar-refractivity contribution in [2.45, 2.75) is 12.3 Å². The standard InChI is InChI=1S/C26H19Cl2N5O4/c27-14-10-15(28)12-17(11-14)30-26-32-23-22(25(36)33-26)20(13-21(34)31-23)24(35)29-16-6-8-19(9-7-16)37-18-4-2-1-3-5-18/h1-12,20H,13H2,(H,29,35)(H3,30,31,32,33,34,36)/t20-/m1/s1. The number of anilines is 4. The first kappa shape index (κ1) is 24.4. The summed E-state index contributed by atoms with van der Waals surface area (Å²) in [5, 5.41) is 9.00. The van der Waals surface area contributed by atoms with Gasteiger partial charge in [0.15, 0.2) is 0 Å². The molecule has 1 aliphatic heterocycles. The van der Waals surface area contributed by atoms with Crippen molar-refractivity contribution in [3.8, 4) is 11.5 Å². The average Bonchev–Trinajstić information content (AvgIpc) is 2.84. The van der Waals surface area contributed by atoms with Crippen molar-refractivity contribution in [2.24, 2.45) is 0 Å². The number of hydrogen-bond donors (Lipinski definition) is 4. The van der Waals surface area contributed by atoms with Crippen LogP contribution in [0.2, 0.25) is 10.0 Å². The lowest BCUT2D eigenvalue weighted by molar-refractivity contribution is -0.123. The minimum atomic E-state index is -1.03. The van der Waals surface area contributed by atoms with Gasteiger partial charge in [0.2, 0.25) is 17.8 Å². The van der Waals surface area contributed by atoms with Gasteiger partial charge in [0, 0.05) is 27.8 Å². The summed E-state index contributed by atoms with van der Waals surface area (Å²) < 4.78 is 5.76. The van der Waals surface area contributed by atoms with Gasteiger partial charge in [-0.15, -0.1) is 0 Å². The number of nitrogens with one attached hydrogen (secondary N) is 4.